The van der Waals surface area contributed by atoms with Crippen LogP contribution >= 0.6 is 11.6 Å². The SMILES string of the molecule is CNCCNC(=O)c1cc(C(C)Nc2cc(F)cc(Cl)c2)c2nc(N3CCOCC3)cnc2c1. The molecule has 1 aliphatic heterocycles. The zero-order chi connectivity index (χ0) is 24.1. The molecular weight excluding hydrogens is 459 g/mol. The lowest BCUT2D eigenvalue weighted by atomic mass is 10.0. The topological polar surface area (TPSA) is 91.4 Å². The highest BCUT2D eigenvalue weighted by Crippen LogP contribution is 2.29. The van der Waals surface area contributed by atoms with Crippen LogP contribution < -0.4 is 20.9 Å². The standard InChI is InChI=1S/C24H28ClFN6O2/c1-15(30-19-12-17(25)11-18(26)13-19)20-9-16(24(33)28-4-3-27-2)10-21-23(20)31-22(14-29-21)32-5-7-34-8-6-32/h9-15,27,30H,3-8H2,1-2H3,(H,28,33). The molecular formula is C24H28ClFN6O2. The summed E-state index contributed by atoms with van der Waals surface area (Å²) in [5, 5.41) is 9.48. The maximum atomic E-state index is 13.9. The molecule has 8 nitrogen and oxygen atoms in total. The molecule has 1 atom stereocenters. The monoisotopic (exact) mass is 486 g/mol. The van der Waals surface area contributed by atoms with E-state index in [4.69, 9.17) is 21.3 Å². The normalized spacial score (nSPS) is 14.8. The molecule has 0 radical (unpaired) electrons. The highest BCUT2D eigenvalue weighted by Gasteiger charge is 2.19. The summed E-state index contributed by atoms with van der Waals surface area (Å²) in [5.74, 6) is 0.127. The molecule has 1 amide bonds. The molecule has 2 heterocycles. The Kier molecular flexibility index (Phi) is 7.77. The van der Waals surface area contributed by atoms with E-state index in [1.807, 2.05) is 20.0 Å². The van der Waals surface area contributed by atoms with Gasteiger partial charge in [-0.1, -0.05) is 11.6 Å². The Labute approximate surface area is 202 Å². The molecule has 1 saturated heterocycles. The van der Waals surface area contributed by atoms with E-state index < -0.39 is 5.82 Å². The Morgan fingerprint density at radius 1 is 1.21 bits per heavy atom. The Morgan fingerprint density at radius 3 is 2.74 bits per heavy atom. The Balaban J connectivity index is 1.73. The fourth-order valence-electron chi connectivity index (χ4n) is 3.91. The number of rotatable bonds is 8. The van der Waals surface area contributed by atoms with Gasteiger partial charge < -0.3 is 25.6 Å². The fourth-order valence-corrected chi connectivity index (χ4v) is 4.13. The number of aromatic nitrogens is 2. The second-order valence-corrected chi connectivity index (χ2v) is 8.58. The summed E-state index contributed by atoms with van der Waals surface area (Å²) in [6.45, 7) is 5.83. The average Bonchev–Trinajstić information content (AvgIpc) is 2.83. The van der Waals surface area contributed by atoms with Crippen molar-refractivity contribution in [3.05, 3.63) is 58.5 Å². The maximum Gasteiger partial charge on any atom is 0.251 e. The van der Waals surface area contributed by atoms with Gasteiger partial charge in [-0.15, -0.1) is 0 Å². The largest absolute Gasteiger partial charge is 0.378 e. The fraction of sp³-hybridized carbons (Fsp3) is 0.375. The number of anilines is 2. The van der Waals surface area contributed by atoms with Crippen LogP contribution in [0.4, 0.5) is 15.9 Å². The van der Waals surface area contributed by atoms with E-state index >= 15 is 0 Å². The highest BCUT2D eigenvalue weighted by molar-refractivity contribution is 6.30. The van der Waals surface area contributed by atoms with Crippen LogP contribution in [0.25, 0.3) is 11.0 Å². The number of hydrogen-bond acceptors (Lipinski definition) is 7. The van der Waals surface area contributed by atoms with Crippen LogP contribution in [-0.2, 0) is 4.74 Å². The van der Waals surface area contributed by atoms with Crippen LogP contribution in [-0.4, -0.2) is 62.3 Å². The van der Waals surface area contributed by atoms with Crippen molar-refractivity contribution in [3.63, 3.8) is 0 Å². The van der Waals surface area contributed by atoms with Crippen LogP contribution in [0.3, 0.4) is 0 Å². The summed E-state index contributed by atoms with van der Waals surface area (Å²) in [5.41, 5.74) is 3.08. The summed E-state index contributed by atoms with van der Waals surface area (Å²) < 4.78 is 19.3. The van der Waals surface area contributed by atoms with Crippen LogP contribution in [0.5, 0.6) is 0 Å². The lowest BCUT2D eigenvalue weighted by Crippen LogP contribution is -2.36. The van der Waals surface area contributed by atoms with Gasteiger partial charge in [0, 0.05) is 48.0 Å². The first-order valence-corrected chi connectivity index (χ1v) is 11.6. The van der Waals surface area contributed by atoms with Crippen molar-refractivity contribution >= 4 is 40.0 Å². The quantitative estimate of drug-likeness (QED) is 0.420. The number of benzene rings is 2. The number of fused-ring (bicyclic) bond motifs is 1. The lowest BCUT2D eigenvalue weighted by Gasteiger charge is -2.28. The molecule has 0 spiro atoms. The van der Waals surface area contributed by atoms with Gasteiger partial charge >= 0.3 is 0 Å². The van der Waals surface area contributed by atoms with Gasteiger partial charge in [0.25, 0.3) is 5.91 Å². The summed E-state index contributed by atoms with van der Waals surface area (Å²) in [6.07, 6.45) is 1.73. The molecule has 0 aliphatic carbocycles. The van der Waals surface area contributed by atoms with Gasteiger partial charge in [0.05, 0.1) is 36.5 Å². The minimum atomic E-state index is -0.431. The number of amides is 1. The zero-order valence-electron chi connectivity index (χ0n) is 19.2. The molecule has 3 N–H and O–H groups in total. The van der Waals surface area contributed by atoms with Gasteiger partial charge in [-0.05, 0) is 44.3 Å². The predicted molar refractivity (Wildman–Crippen MR) is 132 cm³/mol. The van der Waals surface area contributed by atoms with E-state index in [0.29, 0.717) is 53.6 Å². The number of morpholine rings is 1. The van der Waals surface area contributed by atoms with Gasteiger partial charge in [0.15, 0.2) is 0 Å². The molecule has 1 aliphatic rings. The molecule has 3 aromatic rings. The van der Waals surface area contributed by atoms with E-state index in [0.717, 1.165) is 24.5 Å². The van der Waals surface area contributed by atoms with Crippen molar-refractivity contribution < 1.29 is 13.9 Å². The van der Waals surface area contributed by atoms with Crippen molar-refractivity contribution in [1.82, 2.24) is 20.6 Å². The Hall–Kier alpha value is -3.01. The summed E-state index contributed by atoms with van der Waals surface area (Å²) in [7, 11) is 1.83. The van der Waals surface area contributed by atoms with Gasteiger partial charge in [-0.2, -0.15) is 0 Å². The van der Waals surface area contributed by atoms with Gasteiger partial charge in [0.2, 0.25) is 0 Å². The van der Waals surface area contributed by atoms with Crippen LogP contribution in [0.15, 0.2) is 36.5 Å². The number of hydrogen-bond donors (Lipinski definition) is 3. The molecule has 34 heavy (non-hydrogen) atoms. The van der Waals surface area contributed by atoms with Gasteiger partial charge in [0.1, 0.15) is 11.6 Å². The number of carbonyl (C=O) groups excluding carboxylic acids is 1. The first kappa shape index (κ1) is 24.1. The molecule has 1 unspecified atom stereocenters. The lowest BCUT2D eigenvalue weighted by molar-refractivity contribution is 0.0954. The van der Waals surface area contributed by atoms with E-state index in [1.165, 1.54) is 12.1 Å². The second-order valence-electron chi connectivity index (χ2n) is 8.14. The number of carbonyl (C=O) groups is 1. The average molecular weight is 487 g/mol. The summed E-state index contributed by atoms with van der Waals surface area (Å²) in [6, 6.07) is 7.54. The molecule has 10 heteroatoms. The minimum Gasteiger partial charge on any atom is -0.378 e. The minimum absolute atomic E-state index is 0.196. The Bertz CT molecular complexity index is 1150. The smallest absolute Gasteiger partial charge is 0.251 e. The van der Waals surface area contributed by atoms with E-state index in [-0.39, 0.29) is 11.9 Å². The molecule has 0 bridgehead atoms. The molecule has 0 saturated carbocycles. The van der Waals surface area contributed by atoms with Crippen molar-refractivity contribution in [2.75, 3.05) is 56.7 Å². The number of halogens is 2. The summed E-state index contributed by atoms with van der Waals surface area (Å²) >= 11 is 6.03. The molecule has 1 fully saturated rings. The highest BCUT2D eigenvalue weighted by atomic mass is 35.5. The molecule has 1 aromatic heterocycles. The van der Waals surface area contributed by atoms with Crippen molar-refractivity contribution in [2.45, 2.75) is 13.0 Å². The third-order valence-corrected chi connectivity index (χ3v) is 5.85. The van der Waals surface area contributed by atoms with Gasteiger partial charge in [-0.25, -0.2) is 9.37 Å². The third-order valence-electron chi connectivity index (χ3n) is 5.63. The van der Waals surface area contributed by atoms with Crippen LogP contribution in [0.1, 0.15) is 28.9 Å². The molecule has 180 valence electrons. The Morgan fingerprint density at radius 2 is 2.00 bits per heavy atom. The van der Waals surface area contributed by atoms with E-state index in [9.17, 15) is 9.18 Å². The van der Waals surface area contributed by atoms with Gasteiger partial charge in [-0.3, -0.25) is 9.78 Å². The number of nitrogens with one attached hydrogen (secondary N) is 3. The predicted octanol–water partition coefficient (Wildman–Crippen LogP) is 3.38. The van der Waals surface area contributed by atoms with Crippen molar-refractivity contribution in [1.29, 1.82) is 0 Å². The third kappa shape index (κ3) is 5.72. The number of likely N-dealkylation sites (N-methyl/N-ethyl adjacent to an activating group) is 1. The zero-order valence-corrected chi connectivity index (χ0v) is 20.0. The number of nitrogens with zero attached hydrogens (tertiary/aromatic N) is 3. The van der Waals surface area contributed by atoms with E-state index in [1.54, 1.807) is 18.3 Å². The molecule has 2 aromatic carbocycles. The number of ether oxygens (including phenoxy) is 1. The summed E-state index contributed by atoms with van der Waals surface area (Å²) in [4.78, 5) is 24.5. The maximum absolute atomic E-state index is 13.9. The van der Waals surface area contributed by atoms with Crippen LogP contribution in [0, 0.1) is 5.82 Å². The van der Waals surface area contributed by atoms with Crippen molar-refractivity contribution in [3.8, 4) is 0 Å². The molecule has 4 rings (SSSR count). The van der Waals surface area contributed by atoms with Crippen LogP contribution in [0.2, 0.25) is 5.02 Å². The first-order chi connectivity index (χ1) is 16.4. The second kappa shape index (κ2) is 10.9. The first-order valence-electron chi connectivity index (χ1n) is 11.2. The van der Waals surface area contributed by atoms with E-state index in [2.05, 4.69) is 25.8 Å². The van der Waals surface area contributed by atoms with Crippen molar-refractivity contribution in [2.24, 2.45) is 0 Å².